The van der Waals surface area contributed by atoms with Gasteiger partial charge in [-0.1, -0.05) is 18.2 Å². The zero-order valence-electron chi connectivity index (χ0n) is 14.7. The number of piperidine rings is 1. The van der Waals surface area contributed by atoms with E-state index in [1.165, 1.54) is 6.07 Å². The molecule has 0 radical (unpaired) electrons. The molecular formula is C20H24FN3O2. The van der Waals surface area contributed by atoms with Crippen LogP contribution < -0.4 is 10.1 Å². The maximum absolute atomic E-state index is 13.6. The Morgan fingerprint density at radius 2 is 2.12 bits per heavy atom. The number of nitrogens with zero attached hydrogens (tertiary/aromatic N) is 2. The quantitative estimate of drug-likeness (QED) is 0.828. The number of halogens is 1. The number of rotatable bonds is 7. The van der Waals surface area contributed by atoms with Crippen molar-refractivity contribution in [3.63, 3.8) is 0 Å². The Morgan fingerprint density at radius 3 is 2.92 bits per heavy atom. The number of pyridine rings is 1. The second kappa shape index (κ2) is 9.29. The van der Waals surface area contributed by atoms with E-state index in [2.05, 4.69) is 15.2 Å². The summed E-state index contributed by atoms with van der Waals surface area (Å²) in [5.74, 6) is 0.241. The number of ether oxygens (including phenoxy) is 1. The summed E-state index contributed by atoms with van der Waals surface area (Å²) in [7, 11) is 0. The summed E-state index contributed by atoms with van der Waals surface area (Å²) in [5, 5.41) is 2.90. The minimum atomic E-state index is -0.339. The van der Waals surface area contributed by atoms with E-state index in [1.54, 1.807) is 24.4 Å². The van der Waals surface area contributed by atoms with Crippen LogP contribution in [0.2, 0.25) is 0 Å². The average molecular weight is 357 g/mol. The number of benzene rings is 1. The number of hydrogen-bond acceptors (Lipinski definition) is 4. The van der Waals surface area contributed by atoms with Crippen molar-refractivity contribution in [3.8, 4) is 5.75 Å². The zero-order valence-corrected chi connectivity index (χ0v) is 14.7. The standard InChI is InChI=1S/C20H24FN3O2/c21-18-8-1-2-9-19(18)26-15-16-6-5-11-24(13-16)14-20(25)23-12-17-7-3-4-10-22-17/h1-4,7-10,16H,5-6,11-15H2,(H,23,25)/t16-/m0/s1. The fraction of sp³-hybridized carbons (Fsp3) is 0.400. The highest BCUT2D eigenvalue weighted by Crippen LogP contribution is 2.20. The first-order valence-electron chi connectivity index (χ1n) is 8.97. The second-order valence-electron chi connectivity index (χ2n) is 6.58. The molecule has 0 aliphatic carbocycles. The molecule has 1 aliphatic rings. The van der Waals surface area contributed by atoms with Crippen LogP contribution >= 0.6 is 0 Å². The van der Waals surface area contributed by atoms with Gasteiger partial charge in [0.05, 0.1) is 25.4 Å². The molecule has 3 rings (SSSR count). The third kappa shape index (κ3) is 5.52. The summed E-state index contributed by atoms with van der Waals surface area (Å²) in [5.41, 5.74) is 0.843. The molecule has 26 heavy (non-hydrogen) atoms. The van der Waals surface area contributed by atoms with Crippen molar-refractivity contribution in [3.05, 3.63) is 60.2 Å². The average Bonchev–Trinajstić information content (AvgIpc) is 2.67. The van der Waals surface area contributed by atoms with Crippen LogP contribution in [0.1, 0.15) is 18.5 Å². The van der Waals surface area contributed by atoms with E-state index in [4.69, 9.17) is 4.74 Å². The predicted octanol–water partition coefficient (Wildman–Crippen LogP) is 2.63. The number of aromatic nitrogens is 1. The van der Waals surface area contributed by atoms with Crippen LogP contribution in [0.25, 0.3) is 0 Å². The van der Waals surface area contributed by atoms with Gasteiger partial charge in [0.2, 0.25) is 5.91 Å². The summed E-state index contributed by atoms with van der Waals surface area (Å²) < 4.78 is 19.2. The van der Waals surface area contributed by atoms with Crippen molar-refractivity contribution in [2.24, 2.45) is 5.92 Å². The van der Waals surface area contributed by atoms with Crippen molar-refractivity contribution < 1.29 is 13.9 Å². The smallest absolute Gasteiger partial charge is 0.234 e. The molecule has 2 heterocycles. The Kier molecular flexibility index (Phi) is 6.55. The van der Waals surface area contributed by atoms with Crippen LogP contribution in [0.15, 0.2) is 48.7 Å². The van der Waals surface area contributed by atoms with Crippen molar-refractivity contribution in [2.45, 2.75) is 19.4 Å². The van der Waals surface area contributed by atoms with Crippen molar-refractivity contribution >= 4 is 5.91 Å². The molecule has 138 valence electrons. The number of carbonyl (C=O) groups excluding carboxylic acids is 1. The molecule has 5 nitrogen and oxygen atoms in total. The van der Waals surface area contributed by atoms with Crippen LogP contribution in [0.4, 0.5) is 4.39 Å². The number of para-hydroxylation sites is 1. The van der Waals surface area contributed by atoms with Gasteiger partial charge in [-0.05, 0) is 43.7 Å². The Labute approximate surface area is 153 Å². The predicted molar refractivity (Wildman–Crippen MR) is 97.1 cm³/mol. The van der Waals surface area contributed by atoms with Gasteiger partial charge in [-0.3, -0.25) is 14.7 Å². The minimum absolute atomic E-state index is 0.00803. The Hall–Kier alpha value is -2.47. The number of likely N-dealkylation sites (tertiary alicyclic amines) is 1. The van der Waals surface area contributed by atoms with Gasteiger partial charge in [-0.15, -0.1) is 0 Å². The molecule has 1 aliphatic heterocycles. The summed E-state index contributed by atoms with van der Waals surface area (Å²) in [4.78, 5) is 18.5. The molecule has 0 unspecified atom stereocenters. The lowest BCUT2D eigenvalue weighted by Gasteiger charge is -2.32. The van der Waals surface area contributed by atoms with Gasteiger partial charge in [-0.25, -0.2) is 4.39 Å². The molecule has 0 saturated carbocycles. The Bertz CT molecular complexity index is 711. The Morgan fingerprint density at radius 1 is 1.27 bits per heavy atom. The number of nitrogens with one attached hydrogen (secondary N) is 1. The normalized spacial score (nSPS) is 17.7. The lowest BCUT2D eigenvalue weighted by Crippen LogP contribution is -2.43. The third-order valence-electron chi connectivity index (χ3n) is 4.47. The van der Waals surface area contributed by atoms with Crippen molar-refractivity contribution in [1.82, 2.24) is 15.2 Å². The molecule has 2 aromatic rings. The molecule has 1 fully saturated rings. The van der Waals surface area contributed by atoms with E-state index >= 15 is 0 Å². The van der Waals surface area contributed by atoms with Gasteiger partial charge in [0.1, 0.15) is 0 Å². The van der Waals surface area contributed by atoms with E-state index < -0.39 is 0 Å². The van der Waals surface area contributed by atoms with Crippen LogP contribution in [-0.2, 0) is 11.3 Å². The van der Waals surface area contributed by atoms with Crippen molar-refractivity contribution in [1.29, 1.82) is 0 Å². The summed E-state index contributed by atoms with van der Waals surface area (Å²) >= 11 is 0. The van der Waals surface area contributed by atoms with Gasteiger partial charge in [0.15, 0.2) is 11.6 Å². The monoisotopic (exact) mass is 357 g/mol. The maximum atomic E-state index is 13.6. The van der Waals surface area contributed by atoms with E-state index in [1.807, 2.05) is 18.2 Å². The molecule has 1 saturated heterocycles. The topological polar surface area (TPSA) is 54.5 Å². The first kappa shape index (κ1) is 18.3. The van der Waals surface area contributed by atoms with Gasteiger partial charge >= 0.3 is 0 Å². The molecule has 6 heteroatoms. The highest BCUT2D eigenvalue weighted by atomic mass is 19.1. The summed E-state index contributed by atoms with van der Waals surface area (Å²) in [6, 6.07) is 12.1. The molecule has 1 N–H and O–H groups in total. The lowest BCUT2D eigenvalue weighted by atomic mass is 9.99. The summed E-state index contributed by atoms with van der Waals surface area (Å²) in [6.45, 7) is 2.95. The number of hydrogen-bond donors (Lipinski definition) is 1. The van der Waals surface area contributed by atoms with E-state index in [-0.39, 0.29) is 17.5 Å². The molecule has 1 atom stereocenters. The molecule has 0 bridgehead atoms. The fourth-order valence-corrected chi connectivity index (χ4v) is 3.15. The van der Waals surface area contributed by atoms with Crippen LogP contribution in [0.5, 0.6) is 5.75 Å². The minimum Gasteiger partial charge on any atom is -0.490 e. The van der Waals surface area contributed by atoms with Crippen molar-refractivity contribution in [2.75, 3.05) is 26.2 Å². The second-order valence-corrected chi connectivity index (χ2v) is 6.58. The molecular weight excluding hydrogens is 333 g/mol. The highest BCUT2D eigenvalue weighted by molar-refractivity contribution is 5.77. The first-order valence-corrected chi connectivity index (χ1v) is 8.97. The fourth-order valence-electron chi connectivity index (χ4n) is 3.15. The molecule has 1 aromatic carbocycles. The SMILES string of the molecule is O=C(CN1CCC[C@H](COc2ccccc2F)C1)NCc1ccccn1. The Balaban J connectivity index is 1.41. The first-order chi connectivity index (χ1) is 12.7. The van der Waals surface area contributed by atoms with Gasteiger partial charge in [-0.2, -0.15) is 0 Å². The molecule has 1 aromatic heterocycles. The molecule has 0 spiro atoms. The lowest BCUT2D eigenvalue weighted by molar-refractivity contribution is -0.122. The summed E-state index contributed by atoms with van der Waals surface area (Å²) in [6.07, 6.45) is 3.76. The number of carbonyl (C=O) groups is 1. The van der Waals surface area contributed by atoms with E-state index in [9.17, 15) is 9.18 Å². The highest BCUT2D eigenvalue weighted by Gasteiger charge is 2.22. The van der Waals surface area contributed by atoms with Gasteiger partial charge < -0.3 is 10.1 Å². The third-order valence-corrected chi connectivity index (χ3v) is 4.47. The van der Waals surface area contributed by atoms with Crippen LogP contribution in [-0.4, -0.2) is 42.0 Å². The van der Waals surface area contributed by atoms with Gasteiger partial charge in [0, 0.05) is 18.7 Å². The van der Waals surface area contributed by atoms with Crippen LogP contribution in [0, 0.1) is 11.7 Å². The van der Waals surface area contributed by atoms with Gasteiger partial charge in [0.25, 0.3) is 0 Å². The molecule has 1 amide bonds. The van der Waals surface area contributed by atoms with Crippen LogP contribution in [0.3, 0.4) is 0 Å². The number of amides is 1. The van der Waals surface area contributed by atoms with E-state index in [0.29, 0.717) is 25.6 Å². The zero-order chi connectivity index (χ0) is 18.2. The largest absolute Gasteiger partial charge is 0.490 e. The maximum Gasteiger partial charge on any atom is 0.234 e. The van der Waals surface area contributed by atoms with E-state index in [0.717, 1.165) is 31.6 Å².